The highest BCUT2D eigenvalue weighted by molar-refractivity contribution is 5.95. The van der Waals surface area contributed by atoms with Gasteiger partial charge < -0.3 is 19.4 Å². The summed E-state index contributed by atoms with van der Waals surface area (Å²) < 4.78 is 11.4. The molecule has 3 aromatic carbocycles. The first-order valence-corrected chi connectivity index (χ1v) is 12.5. The van der Waals surface area contributed by atoms with Gasteiger partial charge in [-0.25, -0.2) is 4.79 Å². The van der Waals surface area contributed by atoms with E-state index in [-0.39, 0.29) is 11.5 Å². The predicted octanol–water partition coefficient (Wildman–Crippen LogP) is 6.35. The Morgan fingerprint density at radius 1 is 1.05 bits per heavy atom. The van der Waals surface area contributed by atoms with Crippen LogP contribution in [0.5, 0.6) is 0 Å². The summed E-state index contributed by atoms with van der Waals surface area (Å²) in [5.74, 6) is 0.199. The van der Waals surface area contributed by atoms with E-state index < -0.39 is 5.97 Å². The quantitative estimate of drug-likeness (QED) is 0.315. The fourth-order valence-corrected chi connectivity index (χ4v) is 4.89. The Labute approximate surface area is 216 Å². The molecular formula is C31H30N2O4. The van der Waals surface area contributed by atoms with E-state index in [1.165, 1.54) is 12.8 Å². The summed E-state index contributed by atoms with van der Waals surface area (Å²) >= 11 is 0. The molecule has 6 nitrogen and oxygen atoms in total. The first-order valence-electron chi connectivity index (χ1n) is 12.5. The number of aryl methyl sites for hydroxylation is 1. The van der Waals surface area contributed by atoms with E-state index in [0.717, 1.165) is 36.2 Å². The average Bonchev–Trinajstić information content (AvgIpc) is 2.93. The van der Waals surface area contributed by atoms with Crippen LogP contribution in [0, 0.1) is 6.92 Å². The molecule has 0 amide bonds. The third-order valence-electron chi connectivity index (χ3n) is 6.82. The van der Waals surface area contributed by atoms with Gasteiger partial charge in [0.05, 0.1) is 24.1 Å². The summed E-state index contributed by atoms with van der Waals surface area (Å²) in [6.07, 6.45) is 2.92. The number of anilines is 2. The van der Waals surface area contributed by atoms with Crippen LogP contribution in [0.4, 0.5) is 11.4 Å². The van der Waals surface area contributed by atoms with Crippen LogP contribution < -0.4 is 15.6 Å². The van der Waals surface area contributed by atoms with Crippen LogP contribution in [0.3, 0.4) is 0 Å². The predicted molar refractivity (Wildman–Crippen MR) is 148 cm³/mol. The molecule has 1 unspecified atom stereocenters. The number of benzene rings is 3. The second-order valence-corrected chi connectivity index (χ2v) is 9.37. The van der Waals surface area contributed by atoms with Gasteiger partial charge in [-0.15, -0.1) is 0 Å². The van der Waals surface area contributed by atoms with E-state index in [0.29, 0.717) is 28.0 Å². The summed E-state index contributed by atoms with van der Waals surface area (Å²) in [5, 5.41) is 3.97. The second kappa shape index (κ2) is 10.3. The lowest BCUT2D eigenvalue weighted by atomic mass is 9.99. The number of methoxy groups -OCH3 is 1. The molecule has 0 saturated carbocycles. The number of esters is 1. The minimum Gasteiger partial charge on any atom is -0.465 e. The highest BCUT2D eigenvalue weighted by Crippen LogP contribution is 2.32. The minimum absolute atomic E-state index is 0.0604. The Bertz CT molecular complexity index is 1540. The lowest BCUT2D eigenvalue weighted by molar-refractivity contribution is 0.0602. The van der Waals surface area contributed by atoms with Gasteiger partial charge in [0.2, 0.25) is 0 Å². The third kappa shape index (κ3) is 5.00. The molecule has 4 aromatic rings. The third-order valence-corrected chi connectivity index (χ3v) is 6.82. The van der Waals surface area contributed by atoms with Crippen LogP contribution in [0.2, 0.25) is 0 Å². The molecule has 0 fully saturated rings. The highest BCUT2D eigenvalue weighted by atomic mass is 16.5. The van der Waals surface area contributed by atoms with Crippen molar-refractivity contribution in [3.8, 4) is 0 Å². The number of carbonyl (C=O) groups excluding carboxylic acids is 1. The van der Waals surface area contributed by atoms with Gasteiger partial charge in [0.25, 0.3) is 0 Å². The first kappa shape index (κ1) is 24.4. The zero-order chi connectivity index (χ0) is 25.9. The normalized spacial score (nSPS) is 14.2. The molecule has 1 aliphatic rings. The molecule has 0 spiro atoms. The van der Waals surface area contributed by atoms with Crippen molar-refractivity contribution in [2.45, 2.75) is 26.3 Å². The van der Waals surface area contributed by atoms with E-state index in [9.17, 15) is 9.59 Å². The average molecular weight is 495 g/mol. The number of para-hydroxylation sites is 2. The van der Waals surface area contributed by atoms with Gasteiger partial charge >= 0.3 is 5.97 Å². The molecule has 2 heterocycles. The molecule has 0 saturated heterocycles. The lowest BCUT2D eigenvalue weighted by Crippen LogP contribution is -2.28. The van der Waals surface area contributed by atoms with E-state index in [4.69, 9.17) is 9.15 Å². The summed E-state index contributed by atoms with van der Waals surface area (Å²) in [6.45, 7) is 5.56. The Hall–Kier alpha value is -4.32. The summed E-state index contributed by atoms with van der Waals surface area (Å²) in [6, 6.07) is 22.8. The highest BCUT2D eigenvalue weighted by Gasteiger charge is 2.20. The zero-order valence-corrected chi connectivity index (χ0v) is 21.3. The fraction of sp³-hybridized carbons (Fsp3) is 0.226. The maximum atomic E-state index is 13.2. The van der Waals surface area contributed by atoms with Crippen molar-refractivity contribution in [1.82, 2.24) is 0 Å². The molecule has 0 bridgehead atoms. The van der Waals surface area contributed by atoms with E-state index >= 15 is 0 Å². The number of nitrogens with one attached hydrogen (secondary N) is 1. The maximum Gasteiger partial charge on any atom is 0.339 e. The standard InChI is InChI=1S/C31H30N2O4/c1-20-17-25(21(2)32-27-12-8-7-11-24(27)31(35)36-3)30-26(18-20)28(34)19-29(37-30)22-13-15-33(16-14-22)23-9-5-4-6-10-23/h4-13,17-19,21,32H,14-16H2,1-3H3. The van der Waals surface area contributed by atoms with Crippen molar-refractivity contribution >= 4 is 33.9 Å². The van der Waals surface area contributed by atoms with E-state index in [2.05, 4.69) is 28.4 Å². The number of carbonyl (C=O) groups is 1. The minimum atomic E-state index is -0.410. The Morgan fingerprint density at radius 3 is 2.54 bits per heavy atom. The van der Waals surface area contributed by atoms with Crippen LogP contribution in [0.25, 0.3) is 16.5 Å². The van der Waals surface area contributed by atoms with Crippen molar-refractivity contribution in [3.63, 3.8) is 0 Å². The van der Waals surface area contributed by atoms with Crippen LogP contribution in [-0.2, 0) is 4.74 Å². The SMILES string of the molecule is COC(=O)c1ccccc1NC(C)c1cc(C)cc2c(=O)cc(C3=CCN(c4ccccc4)CC3)oc12. The number of fused-ring (bicyclic) bond motifs is 1. The molecule has 0 aliphatic carbocycles. The van der Waals surface area contributed by atoms with Gasteiger partial charge in [-0.1, -0.05) is 42.5 Å². The monoisotopic (exact) mass is 494 g/mol. The van der Waals surface area contributed by atoms with Gasteiger partial charge in [0.1, 0.15) is 11.3 Å². The summed E-state index contributed by atoms with van der Waals surface area (Å²) in [4.78, 5) is 27.8. The molecule has 0 radical (unpaired) electrons. The van der Waals surface area contributed by atoms with Crippen molar-refractivity contribution in [2.75, 3.05) is 30.4 Å². The van der Waals surface area contributed by atoms with Crippen LogP contribution >= 0.6 is 0 Å². The number of ether oxygens (including phenoxy) is 1. The molecule has 1 N–H and O–H groups in total. The molecule has 188 valence electrons. The van der Waals surface area contributed by atoms with Crippen molar-refractivity contribution in [1.29, 1.82) is 0 Å². The molecule has 1 atom stereocenters. The fourth-order valence-electron chi connectivity index (χ4n) is 4.89. The molecule has 5 rings (SSSR count). The Balaban J connectivity index is 1.50. The second-order valence-electron chi connectivity index (χ2n) is 9.37. The topological polar surface area (TPSA) is 71.8 Å². The van der Waals surface area contributed by atoms with E-state index in [1.807, 2.05) is 56.3 Å². The van der Waals surface area contributed by atoms with Crippen LogP contribution in [0.1, 0.15) is 46.6 Å². The van der Waals surface area contributed by atoms with Crippen LogP contribution in [0.15, 0.2) is 88.1 Å². The Kier molecular flexibility index (Phi) is 6.82. The summed E-state index contributed by atoms with van der Waals surface area (Å²) in [5.41, 5.74) is 5.66. The number of nitrogens with zero attached hydrogens (tertiary/aromatic N) is 1. The molecule has 37 heavy (non-hydrogen) atoms. The lowest BCUT2D eigenvalue weighted by Gasteiger charge is -2.28. The molecular weight excluding hydrogens is 464 g/mol. The summed E-state index contributed by atoms with van der Waals surface area (Å²) in [7, 11) is 1.37. The van der Waals surface area contributed by atoms with Crippen molar-refractivity contribution < 1.29 is 13.9 Å². The van der Waals surface area contributed by atoms with Gasteiger partial charge in [0.15, 0.2) is 5.43 Å². The van der Waals surface area contributed by atoms with E-state index in [1.54, 1.807) is 18.2 Å². The maximum absolute atomic E-state index is 13.2. The largest absolute Gasteiger partial charge is 0.465 e. The number of hydrogen-bond donors (Lipinski definition) is 1. The number of hydrogen-bond acceptors (Lipinski definition) is 6. The van der Waals surface area contributed by atoms with Crippen LogP contribution in [-0.4, -0.2) is 26.2 Å². The zero-order valence-electron chi connectivity index (χ0n) is 21.3. The van der Waals surface area contributed by atoms with Crippen molar-refractivity contribution in [2.24, 2.45) is 0 Å². The molecule has 1 aliphatic heterocycles. The van der Waals surface area contributed by atoms with Gasteiger partial charge in [-0.2, -0.15) is 0 Å². The smallest absolute Gasteiger partial charge is 0.339 e. The number of rotatable bonds is 6. The Morgan fingerprint density at radius 2 is 1.81 bits per heavy atom. The van der Waals surface area contributed by atoms with Gasteiger partial charge in [0, 0.05) is 36.1 Å². The molecule has 1 aromatic heterocycles. The van der Waals surface area contributed by atoms with Gasteiger partial charge in [-0.3, -0.25) is 4.79 Å². The molecule has 6 heteroatoms. The van der Waals surface area contributed by atoms with Gasteiger partial charge in [-0.05, 0) is 61.7 Å². The van der Waals surface area contributed by atoms with Crippen molar-refractivity contribution in [3.05, 3.63) is 112 Å². The first-order chi connectivity index (χ1) is 17.9.